The van der Waals surface area contributed by atoms with Crippen LogP contribution in [0.3, 0.4) is 0 Å². The molecule has 1 aliphatic heterocycles. The molecular formula is C19H22N6O2. The van der Waals surface area contributed by atoms with Crippen LogP contribution in [0.2, 0.25) is 0 Å². The number of aryl methyl sites for hydroxylation is 1. The molecule has 1 amide bonds. The first-order valence-electron chi connectivity index (χ1n) is 9.36. The van der Waals surface area contributed by atoms with Gasteiger partial charge in [-0.25, -0.2) is 9.97 Å². The Balaban J connectivity index is 1.63. The maximum Gasteiger partial charge on any atom is 0.276 e. The van der Waals surface area contributed by atoms with Crippen LogP contribution in [0.5, 0.6) is 0 Å². The number of hydrogen-bond acceptors (Lipinski definition) is 6. The maximum absolute atomic E-state index is 13.4. The SMILES string of the molecule is Cc1cc(Nc2cc(N)ncn2)c(=O)n2c1C(=O)NC21CCCC2(CC2)C1. The largest absolute Gasteiger partial charge is 0.384 e. The Labute approximate surface area is 156 Å². The topological polar surface area (TPSA) is 115 Å². The highest BCUT2D eigenvalue weighted by Gasteiger charge is 2.56. The molecule has 1 unspecified atom stereocenters. The molecule has 8 heteroatoms. The second-order valence-electron chi connectivity index (χ2n) is 8.20. The van der Waals surface area contributed by atoms with Gasteiger partial charge in [-0.2, -0.15) is 0 Å². The van der Waals surface area contributed by atoms with Gasteiger partial charge < -0.3 is 16.4 Å². The Hall–Kier alpha value is -2.90. The molecule has 27 heavy (non-hydrogen) atoms. The first-order chi connectivity index (χ1) is 12.9. The lowest BCUT2D eigenvalue weighted by molar-refractivity contribution is 0.0790. The minimum Gasteiger partial charge on any atom is -0.384 e. The molecule has 0 aromatic carbocycles. The summed E-state index contributed by atoms with van der Waals surface area (Å²) in [6.45, 7) is 1.86. The van der Waals surface area contributed by atoms with Crippen LogP contribution in [0.25, 0.3) is 0 Å². The lowest BCUT2D eigenvalue weighted by atomic mass is 9.78. The van der Waals surface area contributed by atoms with E-state index in [-0.39, 0.29) is 11.5 Å². The molecule has 140 valence electrons. The Kier molecular flexibility index (Phi) is 3.20. The molecule has 0 saturated heterocycles. The quantitative estimate of drug-likeness (QED) is 0.749. The number of nitrogens with zero attached hydrogens (tertiary/aromatic N) is 3. The number of nitrogens with one attached hydrogen (secondary N) is 2. The highest BCUT2D eigenvalue weighted by Crippen LogP contribution is 2.60. The second-order valence-corrected chi connectivity index (χ2v) is 8.20. The molecule has 2 aromatic heterocycles. The average Bonchev–Trinajstić information content (AvgIpc) is 3.28. The minimum atomic E-state index is -0.606. The lowest BCUT2D eigenvalue weighted by Crippen LogP contribution is -2.51. The predicted molar refractivity (Wildman–Crippen MR) is 101 cm³/mol. The van der Waals surface area contributed by atoms with Crippen molar-refractivity contribution in [3.05, 3.63) is 40.1 Å². The molecule has 5 rings (SSSR count). The van der Waals surface area contributed by atoms with E-state index in [4.69, 9.17) is 5.73 Å². The van der Waals surface area contributed by atoms with Crippen molar-refractivity contribution in [3.63, 3.8) is 0 Å². The van der Waals surface area contributed by atoms with Gasteiger partial charge in [-0.1, -0.05) is 0 Å². The molecular weight excluding hydrogens is 344 g/mol. The van der Waals surface area contributed by atoms with E-state index in [1.165, 1.54) is 25.6 Å². The normalized spacial score (nSPS) is 24.7. The molecule has 3 aliphatic rings. The third-order valence-electron chi connectivity index (χ3n) is 6.25. The molecule has 2 spiro atoms. The summed E-state index contributed by atoms with van der Waals surface area (Å²) in [5, 5.41) is 6.22. The summed E-state index contributed by atoms with van der Waals surface area (Å²) < 4.78 is 1.71. The van der Waals surface area contributed by atoms with Crippen molar-refractivity contribution >= 4 is 23.2 Å². The van der Waals surface area contributed by atoms with Crippen LogP contribution in [0.1, 0.15) is 54.6 Å². The molecule has 2 aromatic rings. The highest BCUT2D eigenvalue weighted by molar-refractivity contribution is 5.97. The number of anilines is 3. The third-order valence-corrected chi connectivity index (χ3v) is 6.25. The molecule has 8 nitrogen and oxygen atoms in total. The van der Waals surface area contributed by atoms with Crippen molar-refractivity contribution in [3.8, 4) is 0 Å². The van der Waals surface area contributed by atoms with Crippen LogP contribution in [0, 0.1) is 12.3 Å². The molecule has 3 heterocycles. The van der Waals surface area contributed by atoms with Gasteiger partial charge in [0.2, 0.25) is 0 Å². The van der Waals surface area contributed by atoms with Gasteiger partial charge >= 0.3 is 0 Å². The van der Waals surface area contributed by atoms with E-state index in [0.717, 1.165) is 24.8 Å². The van der Waals surface area contributed by atoms with Crippen LogP contribution in [-0.4, -0.2) is 20.4 Å². The van der Waals surface area contributed by atoms with Gasteiger partial charge in [0, 0.05) is 6.07 Å². The predicted octanol–water partition coefficient (Wildman–Crippen LogP) is 2.02. The summed E-state index contributed by atoms with van der Waals surface area (Å²) in [4.78, 5) is 34.1. The Bertz CT molecular complexity index is 1030. The van der Waals surface area contributed by atoms with Crippen molar-refractivity contribution in [2.45, 2.75) is 51.1 Å². The van der Waals surface area contributed by atoms with Crippen molar-refractivity contribution in [1.29, 1.82) is 0 Å². The van der Waals surface area contributed by atoms with E-state index in [1.807, 2.05) is 6.92 Å². The number of rotatable bonds is 2. The molecule has 2 saturated carbocycles. The van der Waals surface area contributed by atoms with Crippen LogP contribution < -0.4 is 21.9 Å². The average molecular weight is 366 g/mol. The Morgan fingerprint density at radius 3 is 2.74 bits per heavy atom. The summed E-state index contributed by atoms with van der Waals surface area (Å²) in [5.74, 6) is 0.620. The number of pyridine rings is 1. The lowest BCUT2D eigenvalue weighted by Gasteiger charge is -2.39. The number of aromatic nitrogens is 3. The van der Waals surface area contributed by atoms with Gasteiger partial charge in [0.15, 0.2) is 0 Å². The molecule has 2 aliphatic carbocycles. The summed E-state index contributed by atoms with van der Waals surface area (Å²) in [7, 11) is 0. The second kappa shape index (κ2) is 5.31. The fourth-order valence-corrected chi connectivity index (χ4v) is 4.88. The summed E-state index contributed by atoms with van der Waals surface area (Å²) >= 11 is 0. The van der Waals surface area contributed by atoms with Gasteiger partial charge in [-0.05, 0) is 62.5 Å². The van der Waals surface area contributed by atoms with E-state index in [2.05, 4.69) is 20.6 Å². The Morgan fingerprint density at radius 1 is 1.19 bits per heavy atom. The number of hydrogen-bond donors (Lipinski definition) is 3. The van der Waals surface area contributed by atoms with Gasteiger partial charge in [0.25, 0.3) is 11.5 Å². The van der Waals surface area contributed by atoms with Gasteiger partial charge in [0.1, 0.15) is 35.0 Å². The molecule has 2 fully saturated rings. The molecule has 4 N–H and O–H groups in total. The first-order valence-corrected chi connectivity index (χ1v) is 9.36. The number of fused-ring (bicyclic) bond motifs is 2. The summed E-state index contributed by atoms with van der Waals surface area (Å²) in [6.07, 6.45) is 7.55. The van der Waals surface area contributed by atoms with E-state index in [1.54, 1.807) is 16.7 Å². The van der Waals surface area contributed by atoms with Crippen molar-refractivity contribution in [2.24, 2.45) is 5.41 Å². The van der Waals surface area contributed by atoms with Crippen molar-refractivity contribution < 1.29 is 4.79 Å². The molecule has 0 radical (unpaired) electrons. The highest BCUT2D eigenvalue weighted by atomic mass is 16.2. The van der Waals surface area contributed by atoms with E-state index < -0.39 is 5.66 Å². The van der Waals surface area contributed by atoms with E-state index in [0.29, 0.717) is 28.4 Å². The number of amides is 1. The standard InChI is InChI=1S/C19H22N6O2/c1-11-7-12(23-14-8-13(20)21-10-22-14)17(27)25-15(11)16(26)24-19(25)4-2-3-18(9-19)5-6-18/h7-8,10H,2-6,9H2,1H3,(H,24,26)(H3,20,21,22,23). The maximum atomic E-state index is 13.4. The van der Waals surface area contributed by atoms with Crippen LogP contribution in [0.15, 0.2) is 23.3 Å². The Morgan fingerprint density at radius 2 is 2.00 bits per heavy atom. The number of carbonyl (C=O) groups excluding carboxylic acids is 1. The third kappa shape index (κ3) is 2.43. The monoisotopic (exact) mass is 366 g/mol. The zero-order valence-corrected chi connectivity index (χ0v) is 15.2. The zero-order chi connectivity index (χ0) is 18.8. The van der Waals surface area contributed by atoms with Crippen molar-refractivity contribution in [1.82, 2.24) is 19.9 Å². The molecule has 1 atom stereocenters. The smallest absolute Gasteiger partial charge is 0.276 e. The first kappa shape index (κ1) is 16.3. The fraction of sp³-hybridized carbons (Fsp3) is 0.474. The van der Waals surface area contributed by atoms with Crippen molar-refractivity contribution in [2.75, 3.05) is 11.1 Å². The molecule has 0 bridgehead atoms. The van der Waals surface area contributed by atoms with Crippen LogP contribution >= 0.6 is 0 Å². The van der Waals surface area contributed by atoms with Gasteiger partial charge in [0.05, 0.1) is 0 Å². The van der Waals surface area contributed by atoms with E-state index >= 15 is 0 Å². The minimum absolute atomic E-state index is 0.153. The summed E-state index contributed by atoms with van der Waals surface area (Å²) in [6, 6.07) is 3.28. The number of nitrogens with two attached hydrogens (primary N) is 1. The van der Waals surface area contributed by atoms with Crippen LogP contribution in [0.4, 0.5) is 17.3 Å². The number of carbonyl (C=O) groups is 1. The summed E-state index contributed by atoms with van der Waals surface area (Å²) in [5.41, 5.74) is 6.83. The van der Waals surface area contributed by atoms with E-state index in [9.17, 15) is 9.59 Å². The van der Waals surface area contributed by atoms with Gasteiger partial charge in [-0.3, -0.25) is 14.2 Å². The van der Waals surface area contributed by atoms with Crippen LogP contribution in [-0.2, 0) is 5.66 Å². The van der Waals surface area contributed by atoms with Gasteiger partial charge in [-0.15, -0.1) is 0 Å². The number of nitrogen functional groups attached to an aromatic ring is 1. The fourth-order valence-electron chi connectivity index (χ4n) is 4.88. The zero-order valence-electron chi connectivity index (χ0n) is 15.2.